The second-order valence-corrected chi connectivity index (χ2v) is 9.51. The van der Waals surface area contributed by atoms with Gasteiger partial charge in [0.1, 0.15) is 5.76 Å². The molecule has 0 aliphatic carbocycles. The van der Waals surface area contributed by atoms with Crippen molar-refractivity contribution in [1.29, 1.82) is 0 Å². The predicted molar refractivity (Wildman–Crippen MR) is 128 cm³/mol. The highest BCUT2D eigenvalue weighted by atomic mass is 32.1. The van der Waals surface area contributed by atoms with E-state index in [4.69, 9.17) is 9.40 Å². The van der Waals surface area contributed by atoms with Crippen molar-refractivity contribution in [2.45, 2.75) is 46.2 Å². The first-order chi connectivity index (χ1) is 15.2. The summed E-state index contributed by atoms with van der Waals surface area (Å²) in [6, 6.07) is 21.4. The Morgan fingerprint density at radius 2 is 1.74 bits per heavy atom. The van der Waals surface area contributed by atoms with E-state index in [1.165, 1.54) is 15.3 Å². The van der Waals surface area contributed by atoms with Crippen LogP contribution in [0.5, 0.6) is 0 Å². The molecule has 4 heteroatoms. The van der Waals surface area contributed by atoms with Gasteiger partial charge in [-0.25, -0.2) is 4.98 Å². The number of nitrogens with zero attached hydrogens (tertiary/aromatic N) is 2. The minimum absolute atomic E-state index is 0.269. The number of hydrogen-bond acceptors (Lipinski definition) is 4. The van der Waals surface area contributed by atoms with Crippen LogP contribution in [0.1, 0.15) is 50.9 Å². The zero-order valence-electron chi connectivity index (χ0n) is 18.4. The first-order valence-corrected chi connectivity index (χ1v) is 11.9. The molecular formula is C27H28N2OS. The fourth-order valence-corrected chi connectivity index (χ4v) is 6.26. The number of rotatable bonds is 5. The third-order valence-corrected chi connectivity index (χ3v) is 7.59. The number of hydrogen-bond donors (Lipinski definition) is 0. The van der Waals surface area contributed by atoms with Gasteiger partial charge in [0.25, 0.3) is 0 Å². The molecule has 158 valence electrons. The van der Waals surface area contributed by atoms with Gasteiger partial charge in [0.05, 0.1) is 11.7 Å². The second-order valence-electron chi connectivity index (χ2n) is 8.25. The first kappa shape index (κ1) is 20.2. The van der Waals surface area contributed by atoms with Crippen LogP contribution in [-0.2, 0) is 19.4 Å². The lowest BCUT2D eigenvalue weighted by Gasteiger charge is -2.36. The average molecular weight is 429 g/mol. The summed E-state index contributed by atoms with van der Waals surface area (Å²) < 4.78 is 6.06. The summed E-state index contributed by atoms with van der Waals surface area (Å²) in [5, 5.41) is 0. The Balaban J connectivity index is 1.52. The number of fused-ring (bicyclic) bond motifs is 1. The lowest BCUT2D eigenvalue weighted by atomic mass is 9.91. The van der Waals surface area contributed by atoms with Crippen molar-refractivity contribution in [3.05, 3.63) is 98.6 Å². The van der Waals surface area contributed by atoms with Gasteiger partial charge in [0.2, 0.25) is 5.89 Å². The maximum atomic E-state index is 6.06. The third-order valence-electron chi connectivity index (χ3n) is 6.35. The van der Waals surface area contributed by atoms with Gasteiger partial charge in [-0.15, -0.1) is 11.3 Å². The molecule has 0 N–H and O–H groups in total. The average Bonchev–Trinajstić information content (AvgIpc) is 3.33. The van der Waals surface area contributed by atoms with Crippen molar-refractivity contribution in [3.63, 3.8) is 0 Å². The van der Waals surface area contributed by atoms with E-state index in [1.807, 2.05) is 36.5 Å². The summed E-state index contributed by atoms with van der Waals surface area (Å²) in [5.41, 5.74) is 6.56. The summed E-state index contributed by atoms with van der Waals surface area (Å²) in [7, 11) is 0. The molecule has 2 aromatic carbocycles. The highest BCUT2D eigenvalue weighted by molar-refractivity contribution is 7.12. The quantitative estimate of drug-likeness (QED) is 0.353. The second kappa shape index (κ2) is 8.45. The first-order valence-electron chi connectivity index (χ1n) is 11.1. The van der Waals surface area contributed by atoms with E-state index in [-0.39, 0.29) is 6.04 Å². The Kier molecular flexibility index (Phi) is 5.51. The van der Waals surface area contributed by atoms with Crippen LogP contribution in [0.4, 0.5) is 0 Å². The standard InChI is InChI=1S/C27H28N2OS/c1-4-22-19(3)31-26-23(22)15-16-29(25(26)20-11-7-5-8-12-20)17-24-18(2)30-27(28-24)21-13-9-6-10-14-21/h5-14,25H,4,15-17H2,1-3H3/t25-/m0/s1. The highest BCUT2D eigenvalue weighted by Gasteiger charge is 2.33. The van der Waals surface area contributed by atoms with Crippen LogP contribution in [-0.4, -0.2) is 16.4 Å². The summed E-state index contributed by atoms with van der Waals surface area (Å²) in [6.07, 6.45) is 2.22. The molecular weight excluding hydrogens is 400 g/mol. The molecule has 3 nitrogen and oxygen atoms in total. The molecule has 0 saturated carbocycles. The summed E-state index contributed by atoms with van der Waals surface area (Å²) in [4.78, 5) is 10.5. The molecule has 1 aliphatic heterocycles. The van der Waals surface area contributed by atoms with Gasteiger partial charge in [-0.2, -0.15) is 0 Å². The van der Waals surface area contributed by atoms with Gasteiger partial charge < -0.3 is 4.42 Å². The summed E-state index contributed by atoms with van der Waals surface area (Å²) in [6.45, 7) is 8.42. The largest absolute Gasteiger partial charge is 0.441 e. The lowest BCUT2D eigenvalue weighted by Crippen LogP contribution is -2.35. The monoisotopic (exact) mass is 428 g/mol. The van der Waals surface area contributed by atoms with Crippen LogP contribution in [0, 0.1) is 13.8 Å². The molecule has 0 amide bonds. The molecule has 5 rings (SSSR count). The third kappa shape index (κ3) is 3.75. The van der Waals surface area contributed by atoms with Crippen LogP contribution in [0.3, 0.4) is 0 Å². The molecule has 2 aromatic heterocycles. The molecule has 1 atom stereocenters. The van der Waals surface area contributed by atoms with Crippen LogP contribution < -0.4 is 0 Å². The predicted octanol–water partition coefficient (Wildman–Crippen LogP) is 6.73. The molecule has 31 heavy (non-hydrogen) atoms. The highest BCUT2D eigenvalue weighted by Crippen LogP contribution is 2.43. The number of thiophene rings is 1. The number of benzene rings is 2. The van der Waals surface area contributed by atoms with Gasteiger partial charge in [0, 0.05) is 28.4 Å². The Morgan fingerprint density at radius 3 is 2.45 bits per heavy atom. The fraction of sp³-hybridized carbons (Fsp3) is 0.296. The number of aromatic nitrogens is 1. The van der Waals surface area contributed by atoms with Gasteiger partial charge in [0.15, 0.2) is 0 Å². The maximum Gasteiger partial charge on any atom is 0.226 e. The number of oxazole rings is 1. The van der Waals surface area contributed by atoms with E-state index >= 15 is 0 Å². The van der Waals surface area contributed by atoms with Gasteiger partial charge >= 0.3 is 0 Å². The fourth-order valence-electron chi connectivity index (χ4n) is 4.80. The lowest BCUT2D eigenvalue weighted by molar-refractivity contribution is 0.204. The molecule has 0 unspecified atom stereocenters. The van der Waals surface area contributed by atoms with Crippen molar-refractivity contribution >= 4 is 11.3 Å². The van der Waals surface area contributed by atoms with E-state index in [1.54, 1.807) is 11.1 Å². The van der Waals surface area contributed by atoms with Crippen LogP contribution in [0.15, 0.2) is 65.1 Å². The summed E-state index contributed by atoms with van der Waals surface area (Å²) >= 11 is 1.98. The molecule has 0 bridgehead atoms. The van der Waals surface area contributed by atoms with Crippen molar-refractivity contribution in [1.82, 2.24) is 9.88 Å². The van der Waals surface area contributed by atoms with Gasteiger partial charge in [-0.05, 0) is 55.5 Å². The topological polar surface area (TPSA) is 29.3 Å². The van der Waals surface area contributed by atoms with Crippen LogP contribution in [0.25, 0.3) is 11.5 Å². The van der Waals surface area contributed by atoms with Gasteiger partial charge in [-0.3, -0.25) is 4.90 Å². The molecule has 0 fully saturated rings. The Morgan fingerprint density at radius 1 is 1.03 bits per heavy atom. The van der Waals surface area contributed by atoms with Crippen molar-refractivity contribution in [2.75, 3.05) is 6.54 Å². The van der Waals surface area contributed by atoms with Gasteiger partial charge in [-0.1, -0.05) is 55.5 Å². The maximum absolute atomic E-state index is 6.06. The molecule has 3 heterocycles. The van der Waals surface area contributed by atoms with E-state index in [0.717, 1.165) is 42.9 Å². The Bertz CT molecular complexity index is 1180. The zero-order chi connectivity index (χ0) is 21.4. The van der Waals surface area contributed by atoms with Crippen molar-refractivity contribution in [3.8, 4) is 11.5 Å². The normalized spacial score (nSPS) is 16.4. The Hall–Kier alpha value is -2.69. The zero-order valence-corrected chi connectivity index (χ0v) is 19.2. The number of aryl methyl sites for hydroxylation is 2. The SMILES string of the molecule is CCc1c(C)sc2c1CCN(Cc1nc(-c3ccccc3)oc1C)[C@H]2c1ccccc1. The van der Waals surface area contributed by atoms with Crippen molar-refractivity contribution < 1.29 is 4.42 Å². The minimum Gasteiger partial charge on any atom is -0.441 e. The van der Waals surface area contributed by atoms with E-state index in [0.29, 0.717) is 5.89 Å². The van der Waals surface area contributed by atoms with Crippen LogP contribution >= 0.6 is 11.3 Å². The minimum atomic E-state index is 0.269. The Labute approximate surface area is 188 Å². The molecule has 0 spiro atoms. The van der Waals surface area contributed by atoms with Crippen molar-refractivity contribution in [2.24, 2.45) is 0 Å². The molecule has 4 aromatic rings. The smallest absolute Gasteiger partial charge is 0.226 e. The molecule has 1 aliphatic rings. The van der Waals surface area contributed by atoms with E-state index in [9.17, 15) is 0 Å². The molecule has 0 radical (unpaired) electrons. The van der Waals surface area contributed by atoms with Crippen LogP contribution in [0.2, 0.25) is 0 Å². The van der Waals surface area contributed by atoms with E-state index in [2.05, 4.69) is 61.2 Å². The summed E-state index contributed by atoms with van der Waals surface area (Å²) in [5.74, 6) is 1.62. The van der Waals surface area contributed by atoms with E-state index < -0.39 is 0 Å². The molecule has 0 saturated heterocycles.